The SMILES string of the molecule is N[C@@H](Cc1ccc(OCc2ccccc2[N+](=O)[O-])c(OCc2ccccc2[N+](=O)[O-])c1)C(=O)O. The normalized spacial score (nSPS) is 11.4. The van der Waals surface area contributed by atoms with Gasteiger partial charge in [-0.1, -0.05) is 30.3 Å². The van der Waals surface area contributed by atoms with E-state index >= 15 is 0 Å². The smallest absolute Gasteiger partial charge is 0.320 e. The Labute approximate surface area is 193 Å². The van der Waals surface area contributed by atoms with Crippen LogP contribution < -0.4 is 15.2 Å². The molecule has 0 fully saturated rings. The average Bonchev–Trinajstić information content (AvgIpc) is 2.82. The van der Waals surface area contributed by atoms with Crippen molar-refractivity contribution in [2.75, 3.05) is 0 Å². The predicted molar refractivity (Wildman–Crippen MR) is 121 cm³/mol. The molecule has 0 spiro atoms. The highest BCUT2D eigenvalue weighted by Crippen LogP contribution is 2.32. The molecular formula is C23H21N3O8. The average molecular weight is 467 g/mol. The third-order valence-corrected chi connectivity index (χ3v) is 4.92. The van der Waals surface area contributed by atoms with Gasteiger partial charge in [-0.15, -0.1) is 0 Å². The van der Waals surface area contributed by atoms with Crippen molar-refractivity contribution in [1.82, 2.24) is 0 Å². The summed E-state index contributed by atoms with van der Waals surface area (Å²) in [6, 6.07) is 15.7. The first-order chi connectivity index (χ1) is 16.3. The van der Waals surface area contributed by atoms with Crippen LogP contribution in [0, 0.1) is 20.2 Å². The predicted octanol–water partition coefficient (Wildman–Crippen LogP) is 3.62. The molecule has 0 saturated heterocycles. The van der Waals surface area contributed by atoms with Crippen LogP contribution in [0.1, 0.15) is 16.7 Å². The van der Waals surface area contributed by atoms with Gasteiger partial charge in [0.2, 0.25) is 0 Å². The number of ether oxygens (including phenoxy) is 2. The molecule has 3 N–H and O–H groups in total. The van der Waals surface area contributed by atoms with Gasteiger partial charge in [-0.3, -0.25) is 25.0 Å². The van der Waals surface area contributed by atoms with E-state index in [2.05, 4.69) is 0 Å². The Kier molecular flexibility index (Phi) is 7.72. The molecule has 3 rings (SSSR count). The Hall–Kier alpha value is -4.51. The molecule has 0 aliphatic heterocycles. The lowest BCUT2D eigenvalue weighted by atomic mass is 10.1. The highest BCUT2D eigenvalue weighted by atomic mass is 16.6. The van der Waals surface area contributed by atoms with Crippen molar-refractivity contribution in [2.45, 2.75) is 25.7 Å². The fourth-order valence-electron chi connectivity index (χ4n) is 3.19. The number of carboxylic acids is 1. The minimum atomic E-state index is -1.17. The summed E-state index contributed by atoms with van der Waals surface area (Å²) in [5.74, 6) is -0.754. The number of nitrogens with two attached hydrogens (primary N) is 1. The summed E-state index contributed by atoms with van der Waals surface area (Å²) in [4.78, 5) is 32.6. The fraction of sp³-hybridized carbons (Fsp3) is 0.174. The van der Waals surface area contributed by atoms with Crippen molar-refractivity contribution < 1.29 is 29.2 Å². The van der Waals surface area contributed by atoms with Gasteiger partial charge in [-0.25, -0.2) is 0 Å². The largest absolute Gasteiger partial charge is 0.485 e. The van der Waals surface area contributed by atoms with Crippen LogP contribution in [0.4, 0.5) is 11.4 Å². The second kappa shape index (κ2) is 10.9. The van der Waals surface area contributed by atoms with Gasteiger partial charge in [0.15, 0.2) is 11.5 Å². The van der Waals surface area contributed by atoms with Crippen molar-refractivity contribution in [1.29, 1.82) is 0 Å². The first-order valence-corrected chi connectivity index (χ1v) is 10.1. The van der Waals surface area contributed by atoms with E-state index in [4.69, 9.17) is 20.3 Å². The maximum absolute atomic E-state index is 11.3. The maximum atomic E-state index is 11.3. The van der Waals surface area contributed by atoms with Gasteiger partial charge in [0.05, 0.1) is 21.0 Å². The van der Waals surface area contributed by atoms with Crippen molar-refractivity contribution in [3.8, 4) is 11.5 Å². The first kappa shape index (κ1) is 24.1. The molecule has 176 valence electrons. The number of nitro groups is 2. The monoisotopic (exact) mass is 467 g/mol. The summed E-state index contributed by atoms with van der Waals surface area (Å²) in [5, 5.41) is 31.6. The zero-order valence-electron chi connectivity index (χ0n) is 17.8. The van der Waals surface area contributed by atoms with Crippen molar-refractivity contribution >= 4 is 17.3 Å². The molecule has 3 aromatic carbocycles. The topological polar surface area (TPSA) is 168 Å². The van der Waals surface area contributed by atoms with Gasteiger partial charge in [-0.05, 0) is 36.2 Å². The van der Waals surface area contributed by atoms with E-state index in [0.29, 0.717) is 16.7 Å². The van der Waals surface area contributed by atoms with E-state index < -0.39 is 21.9 Å². The Bertz CT molecular complexity index is 1210. The molecule has 0 amide bonds. The van der Waals surface area contributed by atoms with Crippen LogP contribution in [-0.2, 0) is 24.4 Å². The molecular weight excluding hydrogens is 446 g/mol. The molecule has 3 aromatic rings. The molecule has 0 heterocycles. The standard InChI is InChI=1S/C23H21N3O8/c24-18(23(27)28)11-15-9-10-21(33-13-16-5-1-3-7-19(16)25(29)30)22(12-15)34-14-17-6-2-4-8-20(17)26(31)32/h1-10,12,18H,11,13-14,24H2,(H,27,28)/t18-/m0/s1. The van der Waals surface area contributed by atoms with Crippen molar-refractivity contribution in [3.05, 3.63) is 104 Å². The zero-order chi connectivity index (χ0) is 24.7. The van der Waals surface area contributed by atoms with Gasteiger partial charge in [-0.2, -0.15) is 0 Å². The fourth-order valence-corrected chi connectivity index (χ4v) is 3.19. The summed E-state index contributed by atoms with van der Waals surface area (Å²) < 4.78 is 11.6. The lowest BCUT2D eigenvalue weighted by molar-refractivity contribution is -0.386. The summed E-state index contributed by atoms with van der Waals surface area (Å²) >= 11 is 0. The molecule has 11 nitrogen and oxygen atoms in total. The van der Waals surface area contributed by atoms with Crippen LogP contribution >= 0.6 is 0 Å². The van der Waals surface area contributed by atoms with Gasteiger partial charge in [0, 0.05) is 12.1 Å². The van der Waals surface area contributed by atoms with E-state index in [9.17, 15) is 25.0 Å². The molecule has 11 heteroatoms. The Morgan fingerprint density at radius 1 is 0.853 bits per heavy atom. The molecule has 0 saturated carbocycles. The lowest BCUT2D eigenvalue weighted by Crippen LogP contribution is -2.32. The Morgan fingerprint density at radius 3 is 1.85 bits per heavy atom. The third-order valence-electron chi connectivity index (χ3n) is 4.92. The highest BCUT2D eigenvalue weighted by Gasteiger charge is 2.18. The van der Waals surface area contributed by atoms with Crippen LogP contribution in [-0.4, -0.2) is 27.0 Å². The molecule has 0 aliphatic carbocycles. The lowest BCUT2D eigenvalue weighted by Gasteiger charge is -2.15. The molecule has 34 heavy (non-hydrogen) atoms. The van der Waals surface area contributed by atoms with E-state index in [0.717, 1.165) is 0 Å². The van der Waals surface area contributed by atoms with Crippen LogP contribution in [0.2, 0.25) is 0 Å². The molecule has 0 aromatic heterocycles. The number of hydrogen-bond donors (Lipinski definition) is 2. The second-order valence-electron chi connectivity index (χ2n) is 7.28. The minimum Gasteiger partial charge on any atom is -0.485 e. The number of para-hydroxylation sites is 2. The number of carboxylic acid groups (broad SMARTS) is 1. The molecule has 0 unspecified atom stereocenters. The molecule has 1 atom stereocenters. The van der Waals surface area contributed by atoms with Crippen LogP contribution in [0.25, 0.3) is 0 Å². The number of aliphatic carboxylic acids is 1. The van der Waals surface area contributed by atoms with Crippen molar-refractivity contribution in [3.63, 3.8) is 0 Å². The Balaban J connectivity index is 1.87. The molecule has 0 aliphatic rings. The van der Waals surface area contributed by atoms with Crippen LogP contribution in [0.3, 0.4) is 0 Å². The summed E-state index contributed by atoms with van der Waals surface area (Å²) in [5.41, 5.74) is 6.62. The van der Waals surface area contributed by atoms with Gasteiger partial charge < -0.3 is 20.3 Å². The second-order valence-corrected chi connectivity index (χ2v) is 7.28. The number of nitro benzene ring substituents is 2. The molecule has 0 bridgehead atoms. The summed E-state index contributed by atoms with van der Waals surface area (Å²) in [6.07, 6.45) is 0.0155. The van der Waals surface area contributed by atoms with Crippen molar-refractivity contribution in [2.24, 2.45) is 5.73 Å². The van der Waals surface area contributed by atoms with Crippen LogP contribution in [0.5, 0.6) is 11.5 Å². The zero-order valence-corrected chi connectivity index (χ0v) is 17.8. The minimum absolute atomic E-state index is 0.0155. The third kappa shape index (κ3) is 6.04. The number of hydrogen-bond acceptors (Lipinski definition) is 8. The number of rotatable bonds is 11. The highest BCUT2D eigenvalue weighted by molar-refractivity contribution is 5.73. The summed E-state index contributed by atoms with van der Waals surface area (Å²) in [7, 11) is 0. The van der Waals surface area contributed by atoms with Gasteiger partial charge >= 0.3 is 5.97 Å². The first-order valence-electron chi connectivity index (χ1n) is 10.1. The van der Waals surface area contributed by atoms with Crippen LogP contribution in [0.15, 0.2) is 66.7 Å². The Morgan fingerprint density at radius 2 is 1.35 bits per heavy atom. The quantitative estimate of drug-likeness (QED) is 0.316. The number of carbonyl (C=O) groups is 1. The van der Waals surface area contributed by atoms with E-state index in [1.807, 2.05) is 0 Å². The van der Waals surface area contributed by atoms with E-state index in [-0.39, 0.29) is 42.5 Å². The van der Waals surface area contributed by atoms with E-state index in [1.54, 1.807) is 36.4 Å². The van der Waals surface area contributed by atoms with Gasteiger partial charge in [0.25, 0.3) is 11.4 Å². The molecule has 0 radical (unpaired) electrons. The number of benzene rings is 3. The summed E-state index contributed by atoms with van der Waals surface area (Å²) in [6.45, 7) is -0.291. The van der Waals surface area contributed by atoms with Gasteiger partial charge in [0.1, 0.15) is 19.3 Å². The van der Waals surface area contributed by atoms with E-state index in [1.165, 1.54) is 30.3 Å². The number of nitrogens with zero attached hydrogens (tertiary/aromatic N) is 2. The maximum Gasteiger partial charge on any atom is 0.320 e.